The van der Waals surface area contributed by atoms with Crippen LogP contribution in [0.4, 0.5) is 13.2 Å². The van der Waals surface area contributed by atoms with Crippen LogP contribution in [0.2, 0.25) is 0 Å². The van der Waals surface area contributed by atoms with Crippen LogP contribution in [-0.4, -0.2) is 32.4 Å². The average Bonchev–Trinajstić information content (AvgIpc) is 2.01. The minimum atomic E-state index is -4.01. The van der Waals surface area contributed by atoms with Gasteiger partial charge in [0.15, 0.2) is 0 Å². The first kappa shape index (κ1) is 12.7. The van der Waals surface area contributed by atoms with Crippen LogP contribution in [0.1, 0.15) is 19.8 Å². The van der Waals surface area contributed by atoms with Crippen molar-refractivity contribution in [3.8, 4) is 0 Å². The molecule has 0 unspecified atom stereocenters. The lowest BCUT2D eigenvalue weighted by molar-refractivity contribution is -0.135. The van der Waals surface area contributed by atoms with Crippen molar-refractivity contribution < 1.29 is 13.2 Å². The van der Waals surface area contributed by atoms with Crippen LogP contribution in [0.25, 0.3) is 0 Å². The quantitative estimate of drug-likeness (QED) is 0.606. The highest BCUT2D eigenvalue weighted by Crippen LogP contribution is 2.20. The number of rotatable bonds is 7. The van der Waals surface area contributed by atoms with E-state index in [1.165, 1.54) is 0 Å². The third-order valence-electron chi connectivity index (χ3n) is 1.54. The molecule has 2 N–H and O–H groups in total. The Bertz CT molecular complexity index is 114. The number of hydrogen-bond acceptors (Lipinski definition) is 2. The molecule has 0 rings (SSSR count). The first-order valence-electron chi connectivity index (χ1n) is 4.54. The van der Waals surface area contributed by atoms with Gasteiger partial charge in [-0.2, -0.15) is 13.2 Å². The zero-order valence-electron chi connectivity index (χ0n) is 7.88. The fraction of sp³-hybridized carbons (Fsp3) is 1.00. The van der Waals surface area contributed by atoms with Gasteiger partial charge in [0.05, 0.1) is 0 Å². The van der Waals surface area contributed by atoms with Crippen molar-refractivity contribution in [1.29, 1.82) is 0 Å². The third-order valence-corrected chi connectivity index (χ3v) is 1.54. The third kappa shape index (κ3) is 11.7. The van der Waals surface area contributed by atoms with Crippen molar-refractivity contribution in [2.24, 2.45) is 0 Å². The summed E-state index contributed by atoms with van der Waals surface area (Å²) >= 11 is 0. The summed E-state index contributed by atoms with van der Waals surface area (Å²) in [6, 6.07) is 0. The molecule has 0 aromatic carbocycles. The molecule has 0 heterocycles. The zero-order chi connectivity index (χ0) is 10.2. The second-order valence-corrected chi connectivity index (χ2v) is 2.82. The molecular formula is C8H17F3N2. The summed E-state index contributed by atoms with van der Waals surface area (Å²) in [7, 11) is 0. The maximum Gasteiger partial charge on any atom is 0.389 e. The molecule has 0 saturated heterocycles. The van der Waals surface area contributed by atoms with Crippen LogP contribution in [0.3, 0.4) is 0 Å². The van der Waals surface area contributed by atoms with Gasteiger partial charge < -0.3 is 10.6 Å². The van der Waals surface area contributed by atoms with Crippen LogP contribution in [0.5, 0.6) is 0 Å². The van der Waals surface area contributed by atoms with E-state index < -0.39 is 12.6 Å². The fourth-order valence-corrected chi connectivity index (χ4v) is 0.892. The molecule has 0 aliphatic carbocycles. The Morgan fingerprint density at radius 2 is 1.62 bits per heavy atom. The van der Waals surface area contributed by atoms with E-state index in [1.54, 1.807) is 0 Å². The lowest BCUT2D eigenvalue weighted by Crippen LogP contribution is -2.28. The average molecular weight is 198 g/mol. The lowest BCUT2D eigenvalue weighted by atomic mass is 10.3. The molecule has 5 heteroatoms. The largest absolute Gasteiger partial charge is 0.389 e. The van der Waals surface area contributed by atoms with Crippen molar-refractivity contribution in [2.45, 2.75) is 25.9 Å². The van der Waals surface area contributed by atoms with Gasteiger partial charge in [0.2, 0.25) is 0 Å². The van der Waals surface area contributed by atoms with Gasteiger partial charge in [0.1, 0.15) is 0 Å². The molecule has 0 atom stereocenters. The summed E-state index contributed by atoms with van der Waals surface area (Å²) in [6.45, 7) is 4.85. The topological polar surface area (TPSA) is 24.1 Å². The maximum atomic E-state index is 11.6. The molecule has 0 aliphatic rings. The molecule has 0 spiro atoms. The minimum absolute atomic E-state index is 0.162. The van der Waals surface area contributed by atoms with Gasteiger partial charge in [-0.1, -0.05) is 6.92 Å². The highest BCUT2D eigenvalue weighted by atomic mass is 19.4. The van der Waals surface area contributed by atoms with Gasteiger partial charge >= 0.3 is 6.18 Å². The highest BCUT2D eigenvalue weighted by Gasteiger charge is 2.25. The zero-order valence-corrected chi connectivity index (χ0v) is 7.88. The van der Waals surface area contributed by atoms with E-state index in [0.29, 0.717) is 6.54 Å². The second-order valence-electron chi connectivity index (χ2n) is 2.82. The van der Waals surface area contributed by atoms with Gasteiger partial charge in [0.25, 0.3) is 0 Å². The Kier molecular flexibility index (Phi) is 6.99. The number of halogens is 3. The van der Waals surface area contributed by atoms with Gasteiger partial charge in [-0.15, -0.1) is 0 Å². The summed E-state index contributed by atoms with van der Waals surface area (Å²) in [4.78, 5) is 0. The molecule has 0 bridgehead atoms. The van der Waals surface area contributed by atoms with Crippen LogP contribution < -0.4 is 10.6 Å². The molecule has 0 aromatic heterocycles. The van der Waals surface area contributed by atoms with E-state index >= 15 is 0 Å². The number of nitrogens with one attached hydrogen (secondary N) is 2. The SMILES string of the molecule is CCNCCNCCCC(F)(F)F. The predicted octanol–water partition coefficient (Wildman–Crippen LogP) is 1.53. The van der Waals surface area contributed by atoms with E-state index in [2.05, 4.69) is 10.6 Å². The smallest absolute Gasteiger partial charge is 0.316 e. The summed E-state index contributed by atoms with van der Waals surface area (Å²) in [5, 5.41) is 6.00. The van der Waals surface area contributed by atoms with E-state index in [4.69, 9.17) is 0 Å². The molecular weight excluding hydrogens is 181 g/mol. The fourth-order valence-electron chi connectivity index (χ4n) is 0.892. The summed E-state index contributed by atoms with van der Waals surface area (Å²) in [5.74, 6) is 0. The maximum absolute atomic E-state index is 11.6. The number of likely N-dealkylation sites (N-methyl/N-ethyl adjacent to an activating group) is 1. The van der Waals surface area contributed by atoms with Crippen LogP contribution in [0.15, 0.2) is 0 Å². The monoisotopic (exact) mass is 198 g/mol. The van der Waals surface area contributed by atoms with E-state index in [-0.39, 0.29) is 6.42 Å². The van der Waals surface area contributed by atoms with Crippen molar-refractivity contribution in [3.63, 3.8) is 0 Å². The lowest BCUT2D eigenvalue weighted by Gasteiger charge is -2.07. The molecule has 0 fully saturated rings. The summed E-state index contributed by atoms with van der Waals surface area (Å²) < 4.78 is 34.9. The normalized spacial score (nSPS) is 12.0. The summed E-state index contributed by atoms with van der Waals surface area (Å²) in [6.07, 6.45) is -4.54. The number of alkyl halides is 3. The van der Waals surface area contributed by atoms with Crippen LogP contribution in [0, 0.1) is 0 Å². The highest BCUT2D eigenvalue weighted by molar-refractivity contribution is 4.55. The van der Waals surface area contributed by atoms with E-state index in [9.17, 15) is 13.2 Å². The Morgan fingerprint density at radius 1 is 1.00 bits per heavy atom. The predicted molar refractivity (Wildman–Crippen MR) is 46.7 cm³/mol. The van der Waals surface area contributed by atoms with Crippen molar-refractivity contribution in [1.82, 2.24) is 10.6 Å². The Balaban J connectivity index is 3.00. The summed E-state index contributed by atoms with van der Waals surface area (Å²) in [5.41, 5.74) is 0. The van der Waals surface area contributed by atoms with Crippen molar-refractivity contribution in [2.75, 3.05) is 26.2 Å². The molecule has 13 heavy (non-hydrogen) atoms. The molecule has 0 aliphatic heterocycles. The van der Waals surface area contributed by atoms with Crippen LogP contribution >= 0.6 is 0 Å². The molecule has 0 amide bonds. The Hall–Kier alpha value is -0.290. The van der Waals surface area contributed by atoms with Crippen LogP contribution in [-0.2, 0) is 0 Å². The molecule has 0 saturated carbocycles. The molecule has 0 radical (unpaired) electrons. The minimum Gasteiger partial charge on any atom is -0.316 e. The first-order chi connectivity index (χ1) is 6.06. The molecule has 80 valence electrons. The standard InChI is InChI=1S/C8H17F3N2/c1-2-12-6-7-13-5-3-4-8(9,10)11/h12-13H,2-7H2,1H3. The van der Waals surface area contributed by atoms with Crippen molar-refractivity contribution in [3.05, 3.63) is 0 Å². The Labute approximate surface area is 76.9 Å². The van der Waals surface area contributed by atoms with Gasteiger partial charge in [-0.25, -0.2) is 0 Å². The van der Waals surface area contributed by atoms with Gasteiger partial charge in [0, 0.05) is 19.5 Å². The Morgan fingerprint density at radius 3 is 2.15 bits per heavy atom. The van der Waals surface area contributed by atoms with E-state index in [1.807, 2.05) is 6.92 Å². The van der Waals surface area contributed by atoms with Crippen molar-refractivity contribution >= 4 is 0 Å². The molecule has 0 aromatic rings. The second kappa shape index (κ2) is 7.15. The van der Waals surface area contributed by atoms with Gasteiger partial charge in [-0.3, -0.25) is 0 Å². The first-order valence-corrected chi connectivity index (χ1v) is 4.54. The van der Waals surface area contributed by atoms with E-state index in [0.717, 1.165) is 19.6 Å². The van der Waals surface area contributed by atoms with Gasteiger partial charge in [-0.05, 0) is 19.5 Å². The molecule has 2 nitrogen and oxygen atoms in total. The number of hydrogen-bond donors (Lipinski definition) is 2.